The third-order valence-electron chi connectivity index (χ3n) is 5.43. The number of aryl methyl sites for hydroxylation is 1. The number of piperidine rings is 1. The Balaban J connectivity index is 1.61. The van der Waals surface area contributed by atoms with Gasteiger partial charge >= 0.3 is 5.69 Å². The van der Waals surface area contributed by atoms with E-state index in [1.807, 2.05) is 0 Å². The van der Waals surface area contributed by atoms with Crippen LogP contribution >= 0.6 is 0 Å². The number of ketones is 1. The topological polar surface area (TPSA) is 90.6 Å². The minimum Gasteiger partial charge on any atom is -0.497 e. The molecule has 0 radical (unpaired) electrons. The van der Waals surface area contributed by atoms with Crippen molar-refractivity contribution in [3.05, 3.63) is 68.5 Å². The van der Waals surface area contributed by atoms with Crippen LogP contribution in [0, 0.1) is 5.92 Å². The summed E-state index contributed by atoms with van der Waals surface area (Å²) in [5.41, 5.74) is 0.0292. The first kappa shape index (κ1) is 21.3. The SMILES string of the molecule is COc1ccc(C(=O)C2CCN(C(=O)/C=C/c3cn(C)c(=O)n(C)c3=O)CC2)cc1. The fourth-order valence-electron chi connectivity index (χ4n) is 3.57. The molecule has 1 saturated heterocycles. The molecule has 30 heavy (non-hydrogen) atoms. The number of aromatic nitrogens is 2. The summed E-state index contributed by atoms with van der Waals surface area (Å²) in [6.07, 6.45) is 5.36. The first-order chi connectivity index (χ1) is 14.3. The van der Waals surface area contributed by atoms with Crippen molar-refractivity contribution in [2.75, 3.05) is 20.2 Å². The number of likely N-dealkylation sites (tertiary alicyclic amines) is 1. The smallest absolute Gasteiger partial charge is 0.330 e. The quantitative estimate of drug-likeness (QED) is 0.545. The summed E-state index contributed by atoms with van der Waals surface area (Å²) in [6, 6.07) is 7.05. The predicted molar refractivity (Wildman–Crippen MR) is 113 cm³/mol. The van der Waals surface area contributed by atoms with E-state index in [1.54, 1.807) is 43.3 Å². The monoisotopic (exact) mass is 411 g/mol. The van der Waals surface area contributed by atoms with Gasteiger partial charge in [-0.05, 0) is 43.2 Å². The van der Waals surface area contributed by atoms with Crippen molar-refractivity contribution in [3.8, 4) is 5.75 Å². The molecule has 1 aromatic heterocycles. The van der Waals surface area contributed by atoms with Crippen molar-refractivity contribution in [3.63, 3.8) is 0 Å². The number of carbonyl (C=O) groups excluding carboxylic acids is 2. The summed E-state index contributed by atoms with van der Waals surface area (Å²) in [5.74, 6) is 0.435. The van der Waals surface area contributed by atoms with E-state index in [0.29, 0.717) is 37.2 Å². The van der Waals surface area contributed by atoms with Crippen LogP contribution in [0.1, 0.15) is 28.8 Å². The summed E-state index contributed by atoms with van der Waals surface area (Å²) in [5, 5.41) is 0. The number of Topliss-reactive ketones (excluding diaryl/α,β-unsaturated/α-hetero) is 1. The number of benzene rings is 1. The molecule has 2 aromatic rings. The standard InChI is InChI=1S/C22H25N3O5/c1-23-14-17(21(28)24(2)22(23)29)6-9-19(26)25-12-10-16(11-13-25)20(27)15-4-7-18(30-3)8-5-15/h4-9,14,16H,10-13H2,1-3H3/b9-6+. The first-order valence-electron chi connectivity index (χ1n) is 9.73. The number of amides is 1. The molecule has 3 rings (SSSR count). The number of methoxy groups -OCH3 is 1. The average molecular weight is 411 g/mol. The van der Waals surface area contributed by atoms with Crippen molar-refractivity contribution in [1.29, 1.82) is 0 Å². The zero-order valence-corrected chi connectivity index (χ0v) is 17.3. The fraction of sp³-hybridized carbons (Fsp3) is 0.364. The van der Waals surface area contributed by atoms with Crippen LogP contribution in [0.4, 0.5) is 0 Å². The lowest BCUT2D eigenvalue weighted by molar-refractivity contribution is -0.127. The highest BCUT2D eigenvalue weighted by Gasteiger charge is 2.27. The number of carbonyl (C=O) groups is 2. The molecule has 1 aliphatic rings. The Morgan fingerprint density at radius 2 is 1.70 bits per heavy atom. The van der Waals surface area contributed by atoms with Gasteiger partial charge in [-0.15, -0.1) is 0 Å². The van der Waals surface area contributed by atoms with Crippen molar-refractivity contribution >= 4 is 17.8 Å². The molecule has 0 bridgehead atoms. The van der Waals surface area contributed by atoms with Gasteiger partial charge in [0.2, 0.25) is 5.91 Å². The Morgan fingerprint density at radius 1 is 1.07 bits per heavy atom. The largest absolute Gasteiger partial charge is 0.497 e. The van der Waals surface area contributed by atoms with E-state index < -0.39 is 11.2 Å². The first-order valence-corrected chi connectivity index (χ1v) is 9.73. The zero-order chi connectivity index (χ0) is 21.8. The van der Waals surface area contributed by atoms with Crippen LogP contribution in [-0.2, 0) is 18.9 Å². The highest BCUT2D eigenvalue weighted by Crippen LogP contribution is 2.23. The van der Waals surface area contributed by atoms with E-state index in [4.69, 9.17) is 4.74 Å². The molecule has 1 aromatic carbocycles. The van der Waals surface area contributed by atoms with Crippen LogP contribution in [0.3, 0.4) is 0 Å². The normalized spacial score (nSPS) is 14.8. The Hall–Kier alpha value is -3.42. The third-order valence-corrected chi connectivity index (χ3v) is 5.43. The Bertz CT molecular complexity index is 1090. The molecule has 1 fully saturated rings. The number of rotatable bonds is 5. The summed E-state index contributed by atoms with van der Waals surface area (Å²) in [7, 11) is 4.52. The van der Waals surface area contributed by atoms with Crippen LogP contribution in [0.15, 0.2) is 46.1 Å². The molecular weight excluding hydrogens is 386 g/mol. The second kappa shape index (κ2) is 8.94. The highest BCUT2D eigenvalue weighted by atomic mass is 16.5. The minimum atomic E-state index is -0.453. The van der Waals surface area contributed by atoms with E-state index in [2.05, 4.69) is 0 Å². The predicted octanol–water partition coefficient (Wildman–Crippen LogP) is 1.23. The van der Waals surface area contributed by atoms with Gasteiger partial charge < -0.3 is 14.2 Å². The van der Waals surface area contributed by atoms with Crippen molar-refractivity contribution < 1.29 is 14.3 Å². The van der Waals surface area contributed by atoms with E-state index >= 15 is 0 Å². The molecule has 2 heterocycles. The third kappa shape index (κ3) is 4.42. The maximum Gasteiger partial charge on any atom is 0.330 e. The van der Waals surface area contributed by atoms with Gasteiger partial charge in [-0.1, -0.05) is 0 Å². The molecule has 1 amide bonds. The van der Waals surface area contributed by atoms with Gasteiger partial charge in [0.15, 0.2) is 5.78 Å². The Kier molecular flexibility index (Phi) is 6.34. The summed E-state index contributed by atoms with van der Waals surface area (Å²) < 4.78 is 7.41. The molecule has 8 heteroatoms. The minimum absolute atomic E-state index is 0.0778. The van der Waals surface area contributed by atoms with Gasteiger partial charge in [0.1, 0.15) is 5.75 Å². The number of hydrogen-bond donors (Lipinski definition) is 0. The van der Waals surface area contributed by atoms with Crippen LogP contribution in [0.5, 0.6) is 5.75 Å². The molecular formula is C22H25N3O5. The van der Waals surface area contributed by atoms with E-state index in [9.17, 15) is 19.2 Å². The summed E-state index contributed by atoms with van der Waals surface area (Å²) in [4.78, 5) is 50.8. The van der Waals surface area contributed by atoms with E-state index in [1.165, 1.54) is 30.0 Å². The molecule has 1 aliphatic heterocycles. The van der Waals surface area contributed by atoms with Gasteiger partial charge in [0.05, 0.1) is 12.7 Å². The number of nitrogens with zero attached hydrogens (tertiary/aromatic N) is 3. The molecule has 0 unspecified atom stereocenters. The summed E-state index contributed by atoms with van der Waals surface area (Å²) in [6.45, 7) is 0.946. The van der Waals surface area contributed by atoms with Gasteiger partial charge in [-0.25, -0.2) is 4.79 Å². The fourth-order valence-corrected chi connectivity index (χ4v) is 3.57. The molecule has 0 N–H and O–H groups in total. The molecule has 0 aliphatic carbocycles. The van der Waals surface area contributed by atoms with Gasteiger partial charge in [-0.2, -0.15) is 0 Å². The molecule has 0 spiro atoms. The van der Waals surface area contributed by atoms with Crippen LogP contribution in [0.2, 0.25) is 0 Å². The maximum atomic E-state index is 12.7. The lowest BCUT2D eigenvalue weighted by Crippen LogP contribution is -2.39. The zero-order valence-electron chi connectivity index (χ0n) is 17.3. The lowest BCUT2D eigenvalue weighted by Gasteiger charge is -2.30. The Morgan fingerprint density at radius 3 is 2.30 bits per heavy atom. The second-order valence-corrected chi connectivity index (χ2v) is 7.37. The van der Waals surface area contributed by atoms with Gasteiger partial charge in [0, 0.05) is 50.9 Å². The number of hydrogen-bond acceptors (Lipinski definition) is 5. The summed E-state index contributed by atoms with van der Waals surface area (Å²) >= 11 is 0. The average Bonchev–Trinajstić information content (AvgIpc) is 2.78. The molecule has 0 atom stereocenters. The lowest BCUT2D eigenvalue weighted by atomic mass is 9.89. The maximum absolute atomic E-state index is 12.7. The van der Waals surface area contributed by atoms with Crippen molar-refractivity contribution in [2.45, 2.75) is 12.8 Å². The van der Waals surface area contributed by atoms with E-state index in [0.717, 1.165) is 4.57 Å². The number of ether oxygens (including phenoxy) is 1. The van der Waals surface area contributed by atoms with Crippen molar-refractivity contribution in [1.82, 2.24) is 14.0 Å². The van der Waals surface area contributed by atoms with Crippen LogP contribution in [-0.4, -0.2) is 45.9 Å². The van der Waals surface area contributed by atoms with Crippen LogP contribution < -0.4 is 16.0 Å². The van der Waals surface area contributed by atoms with Gasteiger partial charge in [-0.3, -0.25) is 19.0 Å². The van der Waals surface area contributed by atoms with E-state index in [-0.39, 0.29) is 23.2 Å². The van der Waals surface area contributed by atoms with Crippen LogP contribution in [0.25, 0.3) is 6.08 Å². The molecule has 0 saturated carbocycles. The highest BCUT2D eigenvalue weighted by molar-refractivity contribution is 5.98. The molecule has 158 valence electrons. The Labute approximate surface area is 174 Å². The van der Waals surface area contributed by atoms with Gasteiger partial charge in [0.25, 0.3) is 5.56 Å². The second-order valence-electron chi connectivity index (χ2n) is 7.37. The molecule has 8 nitrogen and oxygen atoms in total. The van der Waals surface area contributed by atoms with Crippen molar-refractivity contribution in [2.24, 2.45) is 20.0 Å².